The summed E-state index contributed by atoms with van der Waals surface area (Å²) in [6.07, 6.45) is 2.87. The molecule has 0 spiro atoms. The summed E-state index contributed by atoms with van der Waals surface area (Å²) < 4.78 is 0. The van der Waals surface area contributed by atoms with Crippen molar-refractivity contribution in [1.29, 1.82) is 0 Å². The minimum Gasteiger partial charge on any atom is -0.357 e. The van der Waals surface area contributed by atoms with Gasteiger partial charge in [-0.05, 0) is 30.7 Å². The van der Waals surface area contributed by atoms with Crippen LogP contribution in [0.3, 0.4) is 0 Å². The van der Waals surface area contributed by atoms with Gasteiger partial charge in [0.05, 0.1) is 0 Å². The molecule has 0 aliphatic carbocycles. The number of halogens is 1. The van der Waals surface area contributed by atoms with Crippen LogP contribution >= 0.6 is 24.0 Å². The number of nitrogens with zero attached hydrogens (tertiary/aromatic N) is 3. The van der Waals surface area contributed by atoms with Gasteiger partial charge in [-0.2, -0.15) is 0 Å². The number of hydrogen-bond acceptors (Lipinski definition) is 4. The largest absolute Gasteiger partial charge is 0.357 e. The highest BCUT2D eigenvalue weighted by Crippen LogP contribution is 2.31. The Balaban J connectivity index is 0.00000363. The van der Waals surface area contributed by atoms with Crippen molar-refractivity contribution in [2.45, 2.75) is 25.7 Å². The smallest absolute Gasteiger partial charge is 0.244 e. The molecular weight excluding hydrogens is 519 g/mol. The van der Waals surface area contributed by atoms with Crippen molar-refractivity contribution >= 4 is 47.4 Å². The molecule has 2 heterocycles. The summed E-state index contributed by atoms with van der Waals surface area (Å²) in [5.74, 6) is 0.565. The lowest BCUT2D eigenvalue weighted by Gasteiger charge is -2.26. The summed E-state index contributed by atoms with van der Waals surface area (Å²) in [4.78, 5) is 34.9. The number of fused-ring (bicyclic) bond motifs is 1. The molecule has 9 heteroatoms. The SMILES string of the molecule is CCNC(=NCC(=O)N(C)CCc1ccccn1)NCC1CC(=O)Nc2ccccc21.I. The number of aliphatic imine (C=N–C) groups is 1. The van der Waals surface area contributed by atoms with Crippen LogP contribution in [-0.4, -0.2) is 60.9 Å². The van der Waals surface area contributed by atoms with Crippen molar-refractivity contribution in [2.24, 2.45) is 4.99 Å². The first-order chi connectivity index (χ1) is 15.1. The lowest BCUT2D eigenvalue weighted by molar-refractivity contribution is -0.128. The van der Waals surface area contributed by atoms with Crippen molar-refractivity contribution in [1.82, 2.24) is 20.5 Å². The fourth-order valence-electron chi connectivity index (χ4n) is 3.47. The molecule has 1 aliphatic rings. The average Bonchev–Trinajstić information content (AvgIpc) is 2.79. The second kappa shape index (κ2) is 13.0. The van der Waals surface area contributed by atoms with Gasteiger partial charge in [-0.25, -0.2) is 4.99 Å². The van der Waals surface area contributed by atoms with E-state index in [1.807, 2.05) is 49.4 Å². The van der Waals surface area contributed by atoms with Crippen LogP contribution in [0.25, 0.3) is 0 Å². The molecule has 1 aliphatic heterocycles. The van der Waals surface area contributed by atoms with E-state index in [1.54, 1.807) is 18.1 Å². The van der Waals surface area contributed by atoms with Crippen molar-refractivity contribution in [2.75, 3.05) is 38.5 Å². The topological polar surface area (TPSA) is 98.7 Å². The van der Waals surface area contributed by atoms with Crippen LogP contribution in [0.5, 0.6) is 0 Å². The highest BCUT2D eigenvalue weighted by Gasteiger charge is 2.24. The normalized spacial score (nSPS) is 15.1. The van der Waals surface area contributed by atoms with Crippen molar-refractivity contribution in [3.63, 3.8) is 0 Å². The number of likely N-dealkylation sites (N-methyl/N-ethyl adjacent to an activating group) is 1. The van der Waals surface area contributed by atoms with Gasteiger partial charge in [-0.3, -0.25) is 14.6 Å². The van der Waals surface area contributed by atoms with E-state index >= 15 is 0 Å². The van der Waals surface area contributed by atoms with Crippen LogP contribution in [0.15, 0.2) is 53.7 Å². The molecule has 2 aromatic rings. The first-order valence-corrected chi connectivity index (χ1v) is 10.6. The van der Waals surface area contributed by atoms with E-state index < -0.39 is 0 Å². The van der Waals surface area contributed by atoms with E-state index in [1.165, 1.54) is 0 Å². The molecule has 1 atom stereocenters. The van der Waals surface area contributed by atoms with Crippen LogP contribution in [-0.2, 0) is 16.0 Å². The number of aromatic nitrogens is 1. The zero-order valence-corrected chi connectivity index (χ0v) is 20.8. The van der Waals surface area contributed by atoms with Gasteiger partial charge in [0.2, 0.25) is 11.8 Å². The molecule has 3 N–H and O–H groups in total. The van der Waals surface area contributed by atoms with Crippen molar-refractivity contribution in [3.05, 3.63) is 59.9 Å². The highest BCUT2D eigenvalue weighted by molar-refractivity contribution is 14.0. The number of amides is 2. The fraction of sp³-hybridized carbons (Fsp3) is 0.391. The van der Waals surface area contributed by atoms with Crippen LogP contribution in [0.2, 0.25) is 0 Å². The van der Waals surface area contributed by atoms with Gasteiger partial charge in [0.25, 0.3) is 0 Å². The number of nitrogens with one attached hydrogen (secondary N) is 3. The second-order valence-electron chi connectivity index (χ2n) is 7.50. The van der Waals surface area contributed by atoms with E-state index in [2.05, 4.69) is 25.9 Å². The maximum atomic E-state index is 12.5. The maximum Gasteiger partial charge on any atom is 0.244 e. The summed E-state index contributed by atoms with van der Waals surface area (Å²) >= 11 is 0. The van der Waals surface area contributed by atoms with Crippen LogP contribution < -0.4 is 16.0 Å². The maximum absolute atomic E-state index is 12.5. The molecule has 32 heavy (non-hydrogen) atoms. The quantitative estimate of drug-likeness (QED) is 0.267. The Kier molecular flexibility index (Phi) is 10.4. The zero-order valence-electron chi connectivity index (χ0n) is 18.5. The van der Waals surface area contributed by atoms with Crippen molar-refractivity contribution < 1.29 is 9.59 Å². The first kappa shape index (κ1) is 25.6. The average molecular weight is 550 g/mol. The predicted molar refractivity (Wildman–Crippen MR) is 137 cm³/mol. The van der Waals surface area contributed by atoms with Gasteiger partial charge in [-0.1, -0.05) is 24.3 Å². The number of rotatable bonds is 8. The zero-order chi connectivity index (χ0) is 22.1. The van der Waals surface area contributed by atoms with Crippen LogP contribution in [0.1, 0.15) is 30.5 Å². The lowest BCUT2D eigenvalue weighted by Crippen LogP contribution is -2.41. The first-order valence-electron chi connectivity index (χ1n) is 10.6. The summed E-state index contributed by atoms with van der Waals surface area (Å²) in [5.41, 5.74) is 2.92. The summed E-state index contributed by atoms with van der Waals surface area (Å²) in [5, 5.41) is 9.36. The van der Waals surface area contributed by atoms with E-state index in [9.17, 15) is 9.59 Å². The molecular formula is C23H31IN6O2. The third-order valence-electron chi connectivity index (χ3n) is 5.19. The van der Waals surface area contributed by atoms with Gasteiger partial charge in [0.15, 0.2) is 5.96 Å². The molecule has 0 saturated carbocycles. The summed E-state index contributed by atoms with van der Waals surface area (Å²) in [7, 11) is 1.78. The van der Waals surface area contributed by atoms with Gasteiger partial charge >= 0.3 is 0 Å². The molecule has 8 nitrogen and oxygen atoms in total. The molecule has 0 saturated heterocycles. The number of anilines is 1. The predicted octanol–water partition coefficient (Wildman–Crippen LogP) is 2.38. The minimum atomic E-state index is -0.0597. The monoisotopic (exact) mass is 550 g/mol. The Morgan fingerprint density at radius 2 is 2.00 bits per heavy atom. The number of para-hydroxylation sites is 1. The van der Waals surface area contributed by atoms with E-state index in [-0.39, 0.29) is 48.3 Å². The van der Waals surface area contributed by atoms with E-state index in [0.29, 0.717) is 38.4 Å². The number of carbonyl (C=O) groups excluding carboxylic acids is 2. The van der Waals surface area contributed by atoms with Crippen LogP contribution in [0, 0.1) is 0 Å². The Morgan fingerprint density at radius 3 is 2.75 bits per heavy atom. The summed E-state index contributed by atoms with van der Waals surface area (Å²) in [6, 6.07) is 13.6. The number of benzene rings is 1. The van der Waals surface area contributed by atoms with E-state index in [4.69, 9.17) is 0 Å². The van der Waals surface area contributed by atoms with Crippen molar-refractivity contribution in [3.8, 4) is 0 Å². The number of guanidine groups is 1. The Bertz CT molecular complexity index is 922. The Hall–Kier alpha value is -2.69. The molecule has 3 rings (SSSR count). The van der Waals surface area contributed by atoms with E-state index in [0.717, 1.165) is 16.9 Å². The molecule has 0 bridgehead atoms. The standard InChI is InChI=1S/C23H30N6O2.HI/c1-3-24-23(26-15-17-14-21(30)28-20-10-5-4-9-19(17)20)27-16-22(31)29(2)13-11-18-8-6-7-12-25-18;/h4-10,12,17H,3,11,13-16H2,1-2H3,(H,28,30)(H2,24,26,27);1H. The molecule has 0 radical (unpaired) electrons. The third kappa shape index (κ3) is 7.47. The number of hydrogen-bond donors (Lipinski definition) is 3. The summed E-state index contributed by atoms with van der Waals surface area (Å²) in [6.45, 7) is 3.84. The van der Waals surface area contributed by atoms with Gasteiger partial charge in [-0.15, -0.1) is 24.0 Å². The minimum absolute atomic E-state index is 0. The number of pyridine rings is 1. The van der Waals surface area contributed by atoms with Gasteiger partial charge in [0, 0.05) is 63.0 Å². The Labute approximate surface area is 206 Å². The Morgan fingerprint density at radius 1 is 1.22 bits per heavy atom. The molecule has 1 aromatic heterocycles. The van der Waals surface area contributed by atoms with Crippen LogP contribution in [0.4, 0.5) is 5.69 Å². The molecule has 172 valence electrons. The fourth-order valence-corrected chi connectivity index (χ4v) is 3.47. The van der Waals surface area contributed by atoms with Gasteiger partial charge in [0.1, 0.15) is 6.54 Å². The second-order valence-corrected chi connectivity index (χ2v) is 7.50. The molecule has 1 unspecified atom stereocenters. The molecule has 2 amide bonds. The third-order valence-corrected chi connectivity index (χ3v) is 5.19. The molecule has 1 aromatic carbocycles. The number of carbonyl (C=O) groups is 2. The highest BCUT2D eigenvalue weighted by atomic mass is 127. The van der Waals surface area contributed by atoms with Gasteiger partial charge < -0.3 is 20.9 Å². The molecule has 0 fully saturated rings. The lowest BCUT2D eigenvalue weighted by atomic mass is 9.90.